The summed E-state index contributed by atoms with van der Waals surface area (Å²) in [4.78, 5) is 4.32. The molecular weight excluding hydrogens is 246 g/mol. The molecule has 0 spiro atoms. The molecule has 0 radical (unpaired) electrons. The van der Waals surface area contributed by atoms with Crippen LogP contribution in [0.2, 0.25) is 0 Å². The van der Waals surface area contributed by atoms with Crippen molar-refractivity contribution in [2.75, 3.05) is 0 Å². The number of halogens is 1. The molecule has 1 aromatic heterocycles. The Morgan fingerprint density at radius 2 is 2.31 bits per heavy atom. The lowest BCUT2D eigenvalue weighted by Crippen LogP contribution is -1.94. The standard InChI is InChI=1S/C10H14BrNS/c1-3-8(2)13-7-10-5-4-9(11)6-12-10/h4-6,8H,3,7H2,1-2H3. The Morgan fingerprint density at radius 1 is 1.54 bits per heavy atom. The van der Waals surface area contributed by atoms with Crippen LogP contribution < -0.4 is 0 Å². The zero-order chi connectivity index (χ0) is 9.68. The molecule has 0 aliphatic rings. The van der Waals surface area contributed by atoms with Gasteiger partial charge in [-0.3, -0.25) is 4.98 Å². The molecule has 1 atom stereocenters. The van der Waals surface area contributed by atoms with Gasteiger partial charge in [-0.05, 0) is 34.5 Å². The molecule has 0 N–H and O–H groups in total. The van der Waals surface area contributed by atoms with E-state index in [4.69, 9.17) is 0 Å². The van der Waals surface area contributed by atoms with Crippen LogP contribution in [-0.4, -0.2) is 10.2 Å². The van der Waals surface area contributed by atoms with Crippen molar-refractivity contribution in [3.63, 3.8) is 0 Å². The van der Waals surface area contributed by atoms with Gasteiger partial charge in [-0.15, -0.1) is 0 Å². The maximum absolute atomic E-state index is 4.32. The molecule has 1 unspecified atom stereocenters. The summed E-state index contributed by atoms with van der Waals surface area (Å²) in [6.45, 7) is 4.47. The van der Waals surface area contributed by atoms with Crippen LogP contribution in [0.15, 0.2) is 22.8 Å². The van der Waals surface area contributed by atoms with Crippen molar-refractivity contribution in [1.29, 1.82) is 0 Å². The van der Waals surface area contributed by atoms with Gasteiger partial charge in [0.15, 0.2) is 0 Å². The highest BCUT2D eigenvalue weighted by molar-refractivity contribution is 9.10. The molecule has 0 aliphatic carbocycles. The third kappa shape index (κ3) is 4.14. The van der Waals surface area contributed by atoms with E-state index in [1.165, 1.54) is 6.42 Å². The first-order valence-electron chi connectivity index (χ1n) is 4.44. The number of hydrogen-bond acceptors (Lipinski definition) is 2. The Hall–Kier alpha value is -0.0200. The van der Waals surface area contributed by atoms with Gasteiger partial charge in [0.2, 0.25) is 0 Å². The predicted octanol–water partition coefficient (Wildman–Crippen LogP) is 3.88. The number of nitrogens with zero attached hydrogens (tertiary/aromatic N) is 1. The number of rotatable bonds is 4. The van der Waals surface area contributed by atoms with Crippen LogP contribution in [0.3, 0.4) is 0 Å². The molecule has 0 aliphatic heterocycles. The van der Waals surface area contributed by atoms with E-state index in [-0.39, 0.29) is 0 Å². The third-order valence-corrected chi connectivity index (χ3v) is 3.71. The summed E-state index contributed by atoms with van der Waals surface area (Å²) in [6, 6.07) is 4.11. The highest BCUT2D eigenvalue weighted by Crippen LogP contribution is 2.19. The van der Waals surface area contributed by atoms with Crippen LogP contribution in [0, 0.1) is 0 Å². The van der Waals surface area contributed by atoms with Gasteiger partial charge in [0, 0.05) is 21.7 Å². The molecule has 72 valence electrons. The average Bonchev–Trinajstić information content (AvgIpc) is 2.16. The fourth-order valence-corrected chi connectivity index (χ4v) is 1.93. The van der Waals surface area contributed by atoms with Crippen LogP contribution >= 0.6 is 27.7 Å². The van der Waals surface area contributed by atoms with Crippen molar-refractivity contribution in [1.82, 2.24) is 4.98 Å². The highest BCUT2D eigenvalue weighted by Gasteiger charge is 2.00. The van der Waals surface area contributed by atoms with E-state index >= 15 is 0 Å². The number of pyridine rings is 1. The Labute approximate surface area is 92.5 Å². The highest BCUT2D eigenvalue weighted by atomic mass is 79.9. The zero-order valence-electron chi connectivity index (χ0n) is 7.96. The maximum atomic E-state index is 4.32. The third-order valence-electron chi connectivity index (χ3n) is 1.88. The van der Waals surface area contributed by atoms with Crippen LogP contribution in [-0.2, 0) is 5.75 Å². The lowest BCUT2D eigenvalue weighted by Gasteiger charge is -2.06. The summed E-state index contributed by atoms with van der Waals surface area (Å²) in [5.74, 6) is 1.02. The molecule has 0 saturated carbocycles. The monoisotopic (exact) mass is 259 g/mol. The predicted molar refractivity (Wildman–Crippen MR) is 63.0 cm³/mol. The lowest BCUT2D eigenvalue weighted by molar-refractivity contribution is 0.904. The van der Waals surface area contributed by atoms with E-state index in [1.807, 2.05) is 24.0 Å². The second kappa shape index (κ2) is 5.66. The van der Waals surface area contributed by atoms with Gasteiger partial charge in [0.1, 0.15) is 0 Å². The summed E-state index contributed by atoms with van der Waals surface area (Å²) in [7, 11) is 0. The van der Waals surface area contributed by atoms with Crippen LogP contribution in [0.4, 0.5) is 0 Å². The van der Waals surface area contributed by atoms with Crippen molar-refractivity contribution in [3.05, 3.63) is 28.5 Å². The average molecular weight is 260 g/mol. The molecule has 1 heterocycles. The Kier molecular flexibility index (Phi) is 4.81. The molecule has 1 aromatic rings. The smallest absolute Gasteiger partial charge is 0.0503 e. The van der Waals surface area contributed by atoms with Crippen LogP contribution in [0.1, 0.15) is 26.0 Å². The SMILES string of the molecule is CCC(C)SCc1ccc(Br)cn1. The van der Waals surface area contributed by atoms with Crippen molar-refractivity contribution in [3.8, 4) is 0 Å². The fraction of sp³-hybridized carbons (Fsp3) is 0.500. The van der Waals surface area contributed by atoms with Crippen molar-refractivity contribution >= 4 is 27.7 Å². The van der Waals surface area contributed by atoms with Crippen molar-refractivity contribution < 1.29 is 0 Å². The van der Waals surface area contributed by atoms with E-state index in [0.717, 1.165) is 21.2 Å². The Balaban J connectivity index is 2.41. The van der Waals surface area contributed by atoms with Gasteiger partial charge >= 0.3 is 0 Å². The van der Waals surface area contributed by atoms with Crippen LogP contribution in [0.25, 0.3) is 0 Å². The van der Waals surface area contributed by atoms with E-state index in [1.54, 1.807) is 0 Å². The number of thioether (sulfide) groups is 1. The normalized spacial score (nSPS) is 12.8. The van der Waals surface area contributed by atoms with Crippen LogP contribution in [0.5, 0.6) is 0 Å². The van der Waals surface area contributed by atoms with Crippen molar-refractivity contribution in [2.45, 2.75) is 31.3 Å². The molecule has 0 amide bonds. The van der Waals surface area contributed by atoms with Gasteiger partial charge in [-0.1, -0.05) is 13.8 Å². The van der Waals surface area contributed by atoms with E-state index in [2.05, 4.69) is 40.8 Å². The topological polar surface area (TPSA) is 12.9 Å². The van der Waals surface area contributed by atoms with Gasteiger partial charge in [-0.25, -0.2) is 0 Å². The molecule has 3 heteroatoms. The quantitative estimate of drug-likeness (QED) is 0.814. The maximum Gasteiger partial charge on any atom is 0.0503 e. The van der Waals surface area contributed by atoms with Gasteiger partial charge in [-0.2, -0.15) is 11.8 Å². The first-order valence-corrected chi connectivity index (χ1v) is 6.28. The minimum Gasteiger partial charge on any atom is -0.259 e. The van der Waals surface area contributed by atoms with Gasteiger partial charge < -0.3 is 0 Å². The van der Waals surface area contributed by atoms with Crippen molar-refractivity contribution in [2.24, 2.45) is 0 Å². The molecule has 0 fully saturated rings. The molecule has 0 saturated heterocycles. The van der Waals surface area contributed by atoms with E-state index < -0.39 is 0 Å². The first kappa shape index (κ1) is 11.1. The summed E-state index contributed by atoms with van der Waals surface area (Å²) < 4.78 is 1.05. The second-order valence-corrected chi connectivity index (χ2v) is 5.34. The zero-order valence-corrected chi connectivity index (χ0v) is 10.4. The van der Waals surface area contributed by atoms with Gasteiger partial charge in [0.25, 0.3) is 0 Å². The molecule has 0 aromatic carbocycles. The molecule has 0 bridgehead atoms. The Morgan fingerprint density at radius 3 is 2.85 bits per heavy atom. The summed E-state index contributed by atoms with van der Waals surface area (Å²) >= 11 is 5.33. The first-order chi connectivity index (χ1) is 6.22. The minimum absolute atomic E-state index is 0.727. The van der Waals surface area contributed by atoms with Gasteiger partial charge in [0.05, 0.1) is 5.69 Å². The summed E-state index contributed by atoms with van der Waals surface area (Å²) in [6.07, 6.45) is 3.08. The fourth-order valence-electron chi connectivity index (χ4n) is 0.837. The Bertz CT molecular complexity index is 248. The summed E-state index contributed by atoms with van der Waals surface area (Å²) in [5.41, 5.74) is 1.16. The number of aromatic nitrogens is 1. The molecular formula is C10H14BrNS. The summed E-state index contributed by atoms with van der Waals surface area (Å²) in [5, 5.41) is 0.727. The minimum atomic E-state index is 0.727. The number of hydrogen-bond donors (Lipinski definition) is 0. The van der Waals surface area contributed by atoms with E-state index in [9.17, 15) is 0 Å². The lowest BCUT2D eigenvalue weighted by atomic mass is 10.4. The largest absolute Gasteiger partial charge is 0.259 e. The molecule has 1 rings (SSSR count). The molecule has 1 nitrogen and oxygen atoms in total. The molecule has 13 heavy (non-hydrogen) atoms. The second-order valence-electron chi connectivity index (χ2n) is 3.00. The van der Waals surface area contributed by atoms with E-state index in [0.29, 0.717) is 0 Å².